The van der Waals surface area contributed by atoms with E-state index in [9.17, 15) is 0 Å². The molecule has 0 radical (unpaired) electrons. The Morgan fingerprint density at radius 1 is 0.611 bits per heavy atom. The van der Waals surface area contributed by atoms with Crippen molar-refractivity contribution >= 4 is 0 Å². The first-order valence-electron chi connectivity index (χ1n) is 8.53. The van der Waals surface area contributed by atoms with E-state index in [0.29, 0.717) is 0 Å². The fourth-order valence-electron chi connectivity index (χ4n) is 4.13. The van der Waals surface area contributed by atoms with Crippen LogP contribution in [0.3, 0.4) is 0 Å². The predicted molar refractivity (Wildman–Crippen MR) is 79.8 cm³/mol. The maximum Gasteiger partial charge on any atom is 0.00695 e. The summed E-state index contributed by atoms with van der Waals surface area (Å²) in [7, 11) is 0. The second-order valence-electron chi connectivity index (χ2n) is 6.89. The molecular formula is C17H33N. The van der Waals surface area contributed by atoms with Crippen molar-refractivity contribution in [3.05, 3.63) is 0 Å². The molecule has 0 saturated heterocycles. The van der Waals surface area contributed by atoms with Crippen molar-refractivity contribution in [2.45, 2.75) is 96.6 Å². The van der Waals surface area contributed by atoms with Gasteiger partial charge in [0.1, 0.15) is 0 Å². The molecule has 18 heavy (non-hydrogen) atoms. The highest BCUT2D eigenvalue weighted by atomic mass is 15.0. The molecule has 2 aliphatic carbocycles. The maximum atomic E-state index is 3.95. The quantitative estimate of drug-likeness (QED) is 0.700. The van der Waals surface area contributed by atoms with Crippen molar-refractivity contribution in [2.24, 2.45) is 11.8 Å². The van der Waals surface area contributed by atoms with E-state index in [0.717, 1.165) is 23.9 Å². The van der Waals surface area contributed by atoms with E-state index in [-0.39, 0.29) is 0 Å². The Morgan fingerprint density at radius 3 is 1.33 bits per heavy atom. The van der Waals surface area contributed by atoms with Crippen molar-refractivity contribution in [3.63, 3.8) is 0 Å². The van der Waals surface area contributed by atoms with Gasteiger partial charge >= 0.3 is 0 Å². The van der Waals surface area contributed by atoms with Crippen LogP contribution in [0.15, 0.2) is 0 Å². The minimum atomic E-state index is 0.736. The largest absolute Gasteiger partial charge is 0.311 e. The molecule has 1 nitrogen and oxygen atoms in total. The number of rotatable bonds is 4. The van der Waals surface area contributed by atoms with Gasteiger partial charge in [-0.05, 0) is 51.4 Å². The van der Waals surface area contributed by atoms with Crippen LogP contribution in [-0.4, -0.2) is 12.1 Å². The van der Waals surface area contributed by atoms with Gasteiger partial charge in [-0.1, -0.05) is 44.9 Å². The van der Waals surface area contributed by atoms with E-state index in [1.807, 2.05) is 0 Å². The summed E-state index contributed by atoms with van der Waals surface area (Å²) in [5, 5.41) is 3.95. The highest BCUT2D eigenvalue weighted by Gasteiger charge is 2.24. The van der Waals surface area contributed by atoms with Crippen LogP contribution in [0.1, 0.15) is 84.5 Å². The first-order valence-corrected chi connectivity index (χ1v) is 8.53. The molecule has 2 fully saturated rings. The van der Waals surface area contributed by atoms with Gasteiger partial charge in [0.25, 0.3) is 0 Å². The normalized spacial score (nSPS) is 27.7. The van der Waals surface area contributed by atoms with Crippen LogP contribution in [0.25, 0.3) is 0 Å². The zero-order valence-electron chi connectivity index (χ0n) is 12.6. The number of nitrogens with one attached hydrogen (secondary N) is 1. The number of hydrogen-bond acceptors (Lipinski definition) is 1. The van der Waals surface area contributed by atoms with Crippen LogP contribution in [-0.2, 0) is 0 Å². The molecule has 2 rings (SSSR count). The smallest absolute Gasteiger partial charge is 0.00695 e. The van der Waals surface area contributed by atoms with Gasteiger partial charge < -0.3 is 5.32 Å². The van der Waals surface area contributed by atoms with E-state index in [1.165, 1.54) is 70.6 Å². The molecular weight excluding hydrogens is 218 g/mol. The summed E-state index contributed by atoms with van der Waals surface area (Å²) in [4.78, 5) is 0. The van der Waals surface area contributed by atoms with Gasteiger partial charge in [0, 0.05) is 12.1 Å². The third-order valence-electron chi connectivity index (χ3n) is 5.49. The molecule has 1 unspecified atom stereocenters. The Bertz CT molecular complexity index is 212. The molecule has 2 saturated carbocycles. The average molecular weight is 251 g/mol. The minimum absolute atomic E-state index is 0.736. The summed E-state index contributed by atoms with van der Waals surface area (Å²) >= 11 is 0. The van der Waals surface area contributed by atoms with Gasteiger partial charge in [-0.15, -0.1) is 0 Å². The van der Waals surface area contributed by atoms with E-state index in [4.69, 9.17) is 0 Å². The minimum Gasteiger partial charge on any atom is -0.311 e. The molecule has 106 valence electrons. The Labute approximate surface area is 114 Å². The van der Waals surface area contributed by atoms with Gasteiger partial charge in [0.2, 0.25) is 0 Å². The summed E-state index contributed by atoms with van der Waals surface area (Å²) in [6.45, 7) is 4.87. The van der Waals surface area contributed by atoms with Crippen LogP contribution < -0.4 is 5.32 Å². The van der Waals surface area contributed by atoms with Gasteiger partial charge in [-0.25, -0.2) is 0 Å². The highest BCUT2D eigenvalue weighted by molar-refractivity contribution is 4.82. The summed E-state index contributed by atoms with van der Waals surface area (Å²) in [5.41, 5.74) is 0. The summed E-state index contributed by atoms with van der Waals surface area (Å²) in [6.07, 6.45) is 16.1. The van der Waals surface area contributed by atoms with Gasteiger partial charge in [-0.3, -0.25) is 0 Å². The lowest BCUT2D eigenvalue weighted by Gasteiger charge is -2.33. The predicted octanol–water partition coefficient (Wildman–Crippen LogP) is 4.90. The zero-order chi connectivity index (χ0) is 12.8. The van der Waals surface area contributed by atoms with Crippen molar-refractivity contribution in [1.29, 1.82) is 0 Å². The maximum absolute atomic E-state index is 3.95. The second kappa shape index (κ2) is 7.53. The molecule has 0 heterocycles. The van der Waals surface area contributed by atoms with Crippen molar-refractivity contribution in [3.8, 4) is 0 Å². The average Bonchev–Trinajstić information content (AvgIpc) is 2.68. The van der Waals surface area contributed by atoms with Crippen LogP contribution in [0.2, 0.25) is 0 Å². The molecule has 1 heteroatoms. The Kier molecular flexibility index (Phi) is 6.01. The van der Waals surface area contributed by atoms with Crippen LogP contribution in [0.4, 0.5) is 0 Å². The highest BCUT2D eigenvalue weighted by Crippen LogP contribution is 2.29. The molecule has 0 amide bonds. The molecule has 2 atom stereocenters. The zero-order valence-corrected chi connectivity index (χ0v) is 12.6. The molecule has 0 aliphatic heterocycles. The molecule has 0 bridgehead atoms. The van der Waals surface area contributed by atoms with Crippen LogP contribution >= 0.6 is 0 Å². The lowest BCUT2D eigenvalue weighted by molar-refractivity contribution is 0.235. The summed E-state index contributed by atoms with van der Waals surface area (Å²) < 4.78 is 0. The Morgan fingerprint density at radius 2 is 0.944 bits per heavy atom. The summed E-state index contributed by atoms with van der Waals surface area (Å²) in [6, 6.07) is 1.48. The van der Waals surface area contributed by atoms with E-state index >= 15 is 0 Å². The van der Waals surface area contributed by atoms with E-state index in [2.05, 4.69) is 19.2 Å². The number of hydrogen-bond donors (Lipinski definition) is 1. The molecule has 0 aromatic heterocycles. The third-order valence-corrected chi connectivity index (χ3v) is 5.49. The Balaban J connectivity index is 1.75. The lowest BCUT2D eigenvalue weighted by Crippen LogP contribution is -2.43. The van der Waals surface area contributed by atoms with Crippen LogP contribution in [0, 0.1) is 11.8 Å². The molecule has 1 N–H and O–H groups in total. The van der Waals surface area contributed by atoms with Crippen molar-refractivity contribution in [2.75, 3.05) is 0 Å². The lowest BCUT2D eigenvalue weighted by atomic mass is 9.83. The molecule has 0 aromatic carbocycles. The van der Waals surface area contributed by atoms with Gasteiger partial charge in [-0.2, -0.15) is 0 Å². The van der Waals surface area contributed by atoms with Crippen molar-refractivity contribution < 1.29 is 0 Å². The third kappa shape index (κ3) is 4.26. The standard InChI is InChI=1S/C17H33N/c1-14(16-10-6-3-4-7-11-16)18-15(2)17-12-8-5-9-13-17/h14-18H,3-13H2,1-2H3/t14-,15?/m1/s1. The van der Waals surface area contributed by atoms with Crippen LogP contribution in [0.5, 0.6) is 0 Å². The van der Waals surface area contributed by atoms with E-state index < -0.39 is 0 Å². The SMILES string of the molecule is CC(N[C@H](C)C1CCCCCC1)C1CCCCC1. The second-order valence-corrected chi connectivity index (χ2v) is 6.89. The first kappa shape index (κ1) is 14.4. The topological polar surface area (TPSA) is 12.0 Å². The molecule has 0 spiro atoms. The van der Waals surface area contributed by atoms with Gasteiger partial charge in [0.15, 0.2) is 0 Å². The monoisotopic (exact) mass is 251 g/mol. The van der Waals surface area contributed by atoms with Gasteiger partial charge in [0.05, 0.1) is 0 Å². The Hall–Kier alpha value is -0.0400. The van der Waals surface area contributed by atoms with Crippen molar-refractivity contribution in [1.82, 2.24) is 5.32 Å². The molecule has 0 aromatic rings. The fourth-order valence-corrected chi connectivity index (χ4v) is 4.13. The summed E-state index contributed by atoms with van der Waals surface area (Å²) in [5.74, 6) is 1.89. The van der Waals surface area contributed by atoms with E-state index in [1.54, 1.807) is 0 Å². The first-order chi connectivity index (χ1) is 8.77. The molecule has 2 aliphatic rings. The fraction of sp³-hybridized carbons (Fsp3) is 1.00.